The molecule has 37 heavy (non-hydrogen) atoms. The van der Waals surface area contributed by atoms with E-state index in [0.29, 0.717) is 37.5 Å². The number of fused-ring (bicyclic) bond motifs is 2. The van der Waals surface area contributed by atoms with Gasteiger partial charge in [-0.25, -0.2) is 14.6 Å². The second kappa shape index (κ2) is 12.1. The van der Waals surface area contributed by atoms with Crippen LogP contribution in [0, 0.1) is 17.8 Å². The van der Waals surface area contributed by atoms with Crippen LogP contribution in [0.3, 0.4) is 0 Å². The quantitative estimate of drug-likeness (QED) is 0.175. The number of aliphatic hydroxyl groups is 1. The highest BCUT2D eigenvalue weighted by Crippen LogP contribution is 2.52. The van der Waals surface area contributed by atoms with Crippen molar-refractivity contribution in [2.75, 3.05) is 18.5 Å². The van der Waals surface area contributed by atoms with Gasteiger partial charge in [0.1, 0.15) is 0 Å². The summed E-state index contributed by atoms with van der Waals surface area (Å²) in [5, 5.41) is 23.1. The summed E-state index contributed by atoms with van der Waals surface area (Å²) in [4.78, 5) is 20.3. The molecule has 0 aromatic carbocycles. The molecule has 2 N–H and O–H groups in total. The second-order valence-electron chi connectivity index (χ2n) is 11.8. The van der Waals surface area contributed by atoms with Crippen LogP contribution in [0.15, 0.2) is 17.6 Å². The summed E-state index contributed by atoms with van der Waals surface area (Å²) < 4.78 is 8.71. The molecule has 9 nitrogen and oxygen atoms in total. The van der Waals surface area contributed by atoms with E-state index in [1.807, 2.05) is 17.1 Å². The fourth-order valence-electron chi connectivity index (χ4n) is 5.74. The SMILES string of the molecule is CC(=O)NCCC[Si](C)(C)O[Si](C)(C)CSc1ncc(Cn2nnc3c2CC[C@H]2[C@@H](CO)[C@H]2CC3)cn1. The average Bonchev–Trinajstić information content (AvgIpc) is 3.36. The van der Waals surface area contributed by atoms with Crippen LogP contribution in [-0.4, -0.2) is 71.1 Å². The number of carbonyl (C=O) groups excluding carboxylic acids is 1. The fourth-order valence-corrected chi connectivity index (χ4v) is 16.1. The maximum atomic E-state index is 11.1. The van der Waals surface area contributed by atoms with Crippen LogP contribution in [0.25, 0.3) is 0 Å². The largest absolute Gasteiger partial charge is 0.455 e. The first-order chi connectivity index (χ1) is 17.6. The molecule has 3 atom stereocenters. The lowest BCUT2D eigenvalue weighted by Crippen LogP contribution is -2.46. The molecule has 1 fully saturated rings. The third kappa shape index (κ3) is 7.95. The van der Waals surface area contributed by atoms with Gasteiger partial charge in [-0.15, -0.1) is 5.10 Å². The number of nitrogens with zero attached hydrogens (tertiary/aromatic N) is 5. The van der Waals surface area contributed by atoms with Gasteiger partial charge in [-0.2, -0.15) is 0 Å². The van der Waals surface area contributed by atoms with E-state index in [9.17, 15) is 9.90 Å². The van der Waals surface area contributed by atoms with Gasteiger partial charge < -0.3 is 14.5 Å². The van der Waals surface area contributed by atoms with Crippen LogP contribution in [-0.2, 0) is 28.3 Å². The van der Waals surface area contributed by atoms with Crippen molar-refractivity contribution in [3.63, 3.8) is 0 Å². The van der Waals surface area contributed by atoms with E-state index in [-0.39, 0.29) is 5.91 Å². The van der Waals surface area contributed by atoms with E-state index in [1.165, 1.54) is 5.69 Å². The number of rotatable bonds is 12. The molecule has 0 radical (unpaired) electrons. The fraction of sp³-hybridized carbons (Fsp3) is 0.720. The maximum Gasteiger partial charge on any atom is 0.216 e. The van der Waals surface area contributed by atoms with Gasteiger partial charge >= 0.3 is 0 Å². The molecule has 2 heterocycles. The molecule has 0 bridgehead atoms. The van der Waals surface area contributed by atoms with Gasteiger partial charge in [-0.05, 0) is 82.1 Å². The summed E-state index contributed by atoms with van der Waals surface area (Å²) >= 11 is 1.68. The van der Waals surface area contributed by atoms with E-state index >= 15 is 0 Å². The molecule has 4 rings (SSSR count). The van der Waals surface area contributed by atoms with Gasteiger partial charge in [0.15, 0.2) is 21.8 Å². The molecule has 1 amide bonds. The Kier molecular flexibility index (Phi) is 9.26. The number of aliphatic hydroxyl groups excluding tert-OH is 1. The minimum absolute atomic E-state index is 0.0252. The van der Waals surface area contributed by atoms with Gasteiger partial charge in [0.2, 0.25) is 5.91 Å². The molecule has 1 saturated carbocycles. The van der Waals surface area contributed by atoms with Crippen LogP contribution in [0.5, 0.6) is 0 Å². The number of amides is 1. The van der Waals surface area contributed by atoms with Crippen LogP contribution in [0.1, 0.15) is 43.1 Å². The van der Waals surface area contributed by atoms with E-state index in [0.717, 1.165) is 59.9 Å². The molecular weight excluding hydrogens is 521 g/mol. The lowest BCUT2D eigenvalue weighted by atomic mass is 10.0. The number of hydrogen-bond donors (Lipinski definition) is 2. The molecule has 0 saturated heterocycles. The van der Waals surface area contributed by atoms with Crippen molar-refractivity contribution >= 4 is 34.3 Å². The van der Waals surface area contributed by atoms with Gasteiger partial charge in [0.25, 0.3) is 0 Å². The third-order valence-electron chi connectivity index (χ3n) is 7.51. The molecule has 2 aromatic heterocycles. The summed E-state index contributed by atoms with van der Waals surface area (Å²) in [5.74, 6) is 1.85. The standard InChI is InChI=1S/C25H42N6O3SSi2/c1-18(33)26-11-6-12-36(2,3)34-37(4,5)17-35-25-27-13-19(14-28-25)15-31-24-10-8-21-20(22(21)16-32)7-9-23(24)29-30-31/h13-14,20-22,32H,6-12,15-17H2,1-5H3,(H,26,33)/t20-,21+,22-/m0/s1. The monoisotopic (exact) mass is 562 g/mol. The van der Waals surface area contributed by atoms with Crippen molar-refractivity contribution in [3.8, 4) is 0 Å². The highest BCUT2D eigenvalue weighted by atomic mass is 32.2. The predicted molar refractivity (Wildman–Crippen MR) is 150 cm³/mol. The Morgan fingerprint density at radius 2 is 1.86 bits per heavy atom. The van der Waals surface area contributed by atoms with E-state index in [1.54, 1.807) is 18.7 Å². The van der Waals surface area contributed by atoms with E-state index < -0.39 is 16.6 Å². The Morgan fingerprint density at radius 1 is 1.16 bits per heavy atom. The second-order valence-corrected chi connectivity index (χ2v) is 21.9. The summed E-state index contributed by atoms with van der Waals surface area (Å²) in [6.45, 7) is 12.3. The van der Waals surface area contributed by atoms with Crippen molar-refractivity contribution in [1.82, 2.24) is 30.3 Å². The highest BCUT2D eigenvalue weighted by molar-refractivity contribution is 8.00. The first-order valence-corrected chi connectivity index (χ1v) is 20.7. The molecular formula is C25H42N6O3SSi2. The van der Waals surface area contributed by atoms with E-state index in [2.05, 4.69) is 51.8 Å². The number of nitrogens with one attached hydrogen (secondary N) is 1. The molecule has 12 heteroatoms. The van der Waals surface area contributed by atoms with Crippen molar-refractivity contribution in [3.05, 3.63) is 29.3 Å². The van der Waals surface area contributed by atoms with Crippen molar-refractivity contribution < 1.29 is 14.0 Å². The van der Waals surface area contributed by atoms with Gasteiger partial charge in [-0.1, -0.05) is 17.0 Å². The number of hydrogen-bond acceptors (Lipinski definition) is 8. The lowest BCUT2D eigenvalue weighted by Gasteiger charge is -2.33. The van der Waals surface area contributed by atoms with Crippen LogP contribution in [0.4, 0.5) is 0 Å². The number of carbonyl (C=O) groups is 1. The zero-order chi connectivity index (χ0) is 26.6. The molecule has 0 spiro atoms. The Labute approximate surface area is 226 Å². The molecule has 2 aromatic rings. The molecule has 2 aliphatic carbocycles. The van der Waals surface area contributed by atoms with Crippen molar-refractivity contribution in [1.29, 1.82) is 0 Å². The first-order valence-electron chi connectivity index (χ1n) is 13.5. The summed E-state index contributed by atoms with van der Waals surface area (Å²) in [7, 11) is -3.68. The third-order valence-corrected chi connectivity index (χ3v) is 17.3. The van der Waals surface area contributed by atoms with Crippen molar-refractivity contribution in [2.24, 2.45) is 17.8 Å². The van der Waals surface area contributed by atoms with Gasteiger partial charge in [-0.3, -0.25) is 4.79 Å². The van der Waals surface area contributed by atoms with Crippen molar-refractivity contribution in [2.45, 2.75) is 83.0 Å². The van der Waals surface area contributed by atoms with Crippen LogP contribution in [0.2, 0.25) is 32.2 Å². The lowest BCUT2D eigenvalue weighted by molar-refractivity contribution is -0.118. The summed E-state index contributed by atoms with van der Waals surface area (Å²) in [6, 6.07) is 1.04. The Bertz CT molecular complexity index is 1070. The molecule has 0 aliphatic heterocycles. The minimum Gasteiger partial charge on any atom is -0.455 e. The molecule has 204 valence electrons. The number of thioether (sulfide) groups is 1. The van der Waals surface area contributed by atoms with Crippen LogP contribution < -0.4 is 5.32 Å². The topological polar surface area (TPSA) is 115 Å². The zero-order valence-electron chi connectivity index (χ0n) is 22.9. The summed E-state index contributed by atoms with van der Waals surface area (Å²) in [5.41, 5.74) is 3.37. The van der Waals surface area contributed by atoms with Gasteiger partial charge in [0, 0.05) is 43.4 Å². The summed E-state index contributed by atoms with van der Waals surface area (Å²) in [6.07, 6.45) is 8.91. The Hall–Kier alpha value is -1.61. The number of aryl methyl sites for hydroxylation is 1. The predicted octanol–water partition coefficient (Wildman–Crippen LogP) is 3.43. The Balaban J connectivity index is 1.26. The minimum atomic E-state index is -1.89. The smallest absolute Gasteiger partial charge is 0.216 e. The molecule has 2 aliphatic rings. The first kappa shape index (κ1) is 28.4. The number of aromatic nitrogens is 5. The average molecular weight is 563 g/mol. The van der Waals surface area contributed by atoms with E-state index in [4.69, 9.17) is 4.12 Å². The Morgan fingerprint density at radius 3 is 2.54 bits per heavy atom. The van der Waals surface area contributed by atoms with Crippen LogP contribution >= 0.6 is 11.8 Å². The zero-order valence-corrected chi connectivity index (χ0v) is 25.7. The maximum absolute atomic E-state index is 11.1. The van der Waals surface area contributed by atoms with Gasteiger partial charge in [0.05, 0.1) is 17.9 Å². The molecule has 0 unspecified atom stereocenters. The normalized spacial score (nSPS) is 21.5. The highest BCUT2D eigenvalue weighted by Gasteiger charge is 2.49.